The second-order valence-corrected chi connectivity index (χ2v) is 5.86. The van der Waals surface area contributed by atoms with Gasteiger partial charge in [0.2, 0.25) is 0 Å². The zero-order valence-corrected chi connectivity index (χ0v) is 14.5. The molecule has 5 nitrogen and oxygen atoms in total. The Morgan fingerprint density at radius 3 is 2.16 bits per heavy atom. The number of carbonyl (C=O) groups is 1. The van der Waals surface area contributed by atoms with Crippen molar-refractivity contribution >= 4 is 23.2 Å². The van der Waals surface area contributed by atoms with Crippen molar-refractivity contribution in [1.82, 2.24) is 9.97 Å². The van der Waals surface area contributed by atoms with Gasteiger partial charge < -0.3 is 10.1 Å². The number of nitrogens with zero attached hydrogens (tertiary/aromatic N) is 2. The van der Waals surface area contributed by atoms with Crippen LogP contribution in [-0.4, -0.2) is 15.9 Å². The first-order valence-electron chi connectivity index (χ1n) is 7.68. The Labute approximate surface area is 150 Å². The molecule has 0 aliphatic carbocycles. The molecule has 1 heterocycles. The Hall–Kier alpha value is -2.92. The molecule has 1 N–H and O–H groups in total. The molecular formula is C19H16ClN3O2. The van der Waals surface area contributed by atoms with E-state index in [9.17, 15) is 4.79 Å². The highest BCUT2D eigenvalue weighted by Gasteiger charge is 2.14. The van der Waals surface area contributed by atoms with E-state index in [1.807, 2.05) is 30.3 Å². The summed E-state index contributed by atoms with van der Waals surface area (Å²) in [5.74, 6) is 0.405. The van der Waals surface area contributed by atoms with Crippen LogP contribution in [0.3, 0.4) is 0 Å². The van der Waals surface area contributed by atoms with E-state index >= 15 is 0 Å². The largest absolute Gasteiger partial charge is 0.424 e. The van der Waals surface area contributed by atoms with Gasteiger partial charge in [0.15, 0.2) is 0 Å². The van der Waals surface area contributed by atoms with E-state index in [2.05, 4.69) is 15.3 Å². The summed E-state index contributed by atoms with van der Waals surface area (Å²) in [4.78, 5) is 21.0. The number of carbonyl (C=O) groups excluding carboxylic acids is 1. The summed E-state index contributed by atoms with van der Waals surface area (Å²) in [5.41, 5.74) is 2.33. The maximum atomic E-state index is 12.4. The number of anilines is 1. The zero-order valence-electron chi connectivity index (χ0n) is 13.8. The van der Waals surface area contributed by atoms with Gasteiger partial charge in [-0.1, -0.05) is 29.8 Å². The van der Waals surface area contributed by atoms with E-state index in [4.69, 9.17) is 16.3 Å². The summed E-state index contributed by atoms with van der Waals surface area (Å²) in [6, 6.07) is 16.2. The molecule has 0 spiro atoms. The van der Waals surface area contributed by atoms with Crippen LogP contribution in [0.15, 0.2) is 54.6 Å². The SMILES string of the molecule is Cc1nc(Oc2ccccc2)nc(C)c1NC(=O)c1ccc(Cl)cc1. The standard InChI is InChI=1S/C19H16ClN3O2/c1-12-17(23-18(24)14-8-10-15(20)11-9-14)13(2)22-19(21-12)25-16-6-4-3-5-7-16/h3-11H,1-2H3,(H,23,24). The maximum Gasteiger partial charge on any atom is 0.322 e. The Morgan fingerprint density at radius 1 is 0.960 bits per heavy atom. The Morgan fingerprint density at radius 2 is 1.56 bits per heavy atom. The second kappa shape index (κ2) is 7.32. The van der Waals surface area contributed by atoms with Crippen LogP contribution in [0.4, 0.5) is 5.69 Å². The number of para-hydroxylation sites is 1. The summed E-state index contributed by atoms with van der Waals surface area (Å²) in [7, 11) is 0. The van der Waals surface area contributed by atoms with Gasteiger partial charge in [0.25, 0.3) is 5.91 Å². The van der Waals surface area contributed by atoms with Gasteiger partial charge in [0, 0.05) is 10.6 Å². The molecule has 3 rings (SSSR count). The average Bonchev–Trinajstić information content (AvgIpc) is 2.59. The molecule has 0 saturated heterocycles. The summed E-state index contributed by atoms with van der Waals surface area (Å²) in [5, 5.41) is 3.42. The molecule has 0 atom stereocenters. The molecule has 0 saturated carbocycles. The van der Waals surface area contributed by atoms with Gasteiger partial charge in [-0.2, -0.15) is 9.97 Å². The number of aromatic nitrogens is 2. The number of rotatable bonds is 4. The third-order valence-electron chi connectivity index (χ3n) is 3.55. The van der Waals surface area contributed by atoms with Crippen molar-refractivity contribution in [2.75, 3.05) is 5.32 Å². The normalized spacial score (nSPS) is 10.4. The smallest absolute Gasteiger partial charge is 0.322 e. The average molecular weight is 354 g/mol. The number of hydrogen-bond donors (Lipinski definition) is 1. The zero-order chi connectivity index (χ0) is 17.8. The van der Waals surface area contributed by atoms with Crippen molar-refractivity contribution in [3.63, 3.8) is 0 Å². The predicted molar refractivity (Wildman–Crippen MR) is 97.4 cm³/mol. The number of ether oxygens (including phenoxy) is 1. The highest BCUT2D eigenvalue weighted by molar-refractivity contribution is 6.30. The molecule has 126 valence electrons. The van der Waals surface area contributed by atoms with Gasteiger partial charge in [-0.3, -0.25) is 4.79 Å². The van der Waals surface area contributed by atoms with Crippen molar-refractivity contribution in [3.8, 4) is 11.8 Å². The third kappa shape index (κ3) is 4.14. The Kier molecular flexibility index (Phi) is 4.95. The Bertz CT molecular complexity index is 873. The van der Waals surface area contributed by atoms with E-state index in [1.54, 1.807) is 38.1 Å². The van der Waals surface area contributed by atoms with E-state index < -0.39 is 0 Å². The van der Waals surface area contributed by atoms with Crippen LogP contribution in [0.25, 0.3) is 0 Å². The lowest BCUT2D eigenvalue weighted by molar-refractivity contribution is 0.102. The van der Waals surface area contributed by atoms with E-state index in [-0.39, 0.29) is 11.9 Å². The summed E-state index contributed by atoms with van der Waals surface area (Å²) in [6.07, 6.45) is 0. The van der Waals surface area contributed by atoms with Crippen LogP contribution in [-0.2, 0) is 0 Å². The first kappa shape index (κ1) is 16.9. The van der Waals surface area contributed by atoms with Crippen LogP contribution in [0.5, 0.6) is 11.8 Å². The van der Waals surface area contributed by atoms with Crippen molar-refractivity contribution in [3.05, 3.63) is 76.6 Å². The summed E-state index contributed by atoms with van der Waals surface area (Å²) < 4.78 is 5.65. The fraction of sp³-hybridized carbons (Fsp3) is 0.105. The first-order chi connectivity index (χ1) is 12.0. The van der Waals surface area contributed by atoms with Gasteiger partial charge in [-0.25, -0.2) is 0 Å². The van der Waals surface area contributed by atoms with E-state index in [0.717, 1.165) is 0 Å². The number of aryl methyl sites for hydroxylation is 2. The first-order valence-corrected chi connectivity index (χ1v) is 8.06. The summed E-state index contributed by atoms with van der Waals surface area (Å²) >= 11 is 5.85. The summed E-state index contributed by atoms with van der Waals surface area (Å²) in [6.45, 7) is 3.59. The van der Waals surface area contributed by atoms with Gasteiger partial charge in [0.1, 0.15) is 5.75 Å². The molecule has 0 bridgehead atoms. The molecule has 2 aromatic carbocycles. The number of amides is 1. The van der Waals surface area contributed by atoms with E-state index in [1.165, 1.54) is 0 Å². The lowest BCUT2D eigenvalue weighted by atomic mass is 10.2. The molecular weight excluding hydrogens is 338 g/mol. The third-order valence-corrected chi connectivity index (χ3v) is 3.80. The minimum absolute atomic E-state index is 0.241. The van der Waals surface area contributed by atoms with Gasteiger partial charge in [-0.05, 0) is 50.2 Å². The van der Waals surface area contributed by atoms with Crippen LogP contribution >= 0.6 is 11.6 Å². The minimum atomic E-state index is -0.247. The van der Waals surface area contributed by atoms with Crippen molar-refractivity contribution in [2.24, 2.45) is 0 Å². The highest BCUT2D eigenvalue weighted by atomic mass is 35.5. The highest BCUT2D eigenvalue weighted by Crippen LogP contribution is 2.23. The number of benzene rings is 2. The monoisotopic (exact) mass is 353 g/mol. The van der Waals surface area contributed by atoms with Gasteiger partial charge >= 0.3 is 6.01 Å². The molecule has 0 aliphatic heterocycles. The lowest BCUT2D eigenvalue weighted by Crippen LogP contribution is -2.15. The molecule has 3 aromatic rings. The molecule has 0 radical (unpaired) electrons. The molecule has 6 heteroatoms. The van der Waals surface area contributed by atoms with Crippen LogP contribution in [0, 0.1) is 13.8 Å². The molecule has 25 heavy (non-hydrogen) atoms. The fourth-order valence-electron chi connectivity index (χ4n) is 2.29. The number of halogens is 1. The lowest BCUT2D eigenvalue weighted by Gasteiger charge is -2.12. The van der Waals surface area contributed by atoms with Gasteiger partial charge in [-0.15, -0.1) is 0 Å². The molecule has 0 aliphatic rings. The second-order valence-electron chi connectivity index (χ2n) is 5.43. The minimum Gasteiger partial charge on any atom is -0.424 e. The Balaban J connectivity index is 1.80. The number of hydrogen-bond acceptors (Lipinski definition) is 4. The molecule has 0 fully saturated rings. The van der Waals surface area contributed by atoms with Crippen molar-refractivity contribution in [1.29, 1.82) is 0 Å². The van der Waals surface area contributed by atoms with Crippen LogP contribution in [0.1, 0.15) is 21.7 Å². The molecule has 1 aromatic heterocycles. The maximum absolute atomic E-state index is 12.4. The van der Waals surface area contributed by atoms with Crippen LogP contribution in [0.2, 0.25) is 5.02 Å². The van der Waals surface area contributed by atoms with Crippen molar-refractivity contribution in [2.45, 2.75) is 13.8 Å². The van der Waals surface area contributed by atoms with Gasteiger partial charge in [0.05, 0.1) is 17.1 Å². The topological polar surface area (TPSA) is 64.1 Å². The van der Waals surface area contributed by atoms with E-state index in [0.29, 0.717) is 33.4 Å². The molecule has 0 unspecified atom stereocenters. The van der Waals surface area contributed by atoms with Crippen molar-refractivity contribution < 1.29 is 9.53 Å². The number of nitrogens with one attached hydrogen (secondary N) is 1. The quantitative estimate of drug-likeness (QED) is 0.732. The van der Waals surface area contributed by atoms with Crippen LogP contribution < -0.4 is 10.1 Å². The predicted octanol–water partition coefficient (Wildman–Crippen LogP) is 4.79. The molecule has 1 amide bonds. The fourth-order valence-corrected chi connectivity index (χ4v) is 2.42.